The zero-order valence-electron chi connectivity index (χ0n) is 16.4. The van der Waals surface area contributed by atoms with Gasteiger partial charge in [-0.05, 0) is 62.2 Å². The summed E-state index contributed by atoms with van der Waals surface area (Å²) >= 11 is 0. The Labute approximate surface area is 168 Å². The Morgan fingerprint density at radius 2 is 2.03 bits per heavy atom. The number of likely N-dealkylation sites (N-methyl/N-ethyl adjacent to an activating group) is 1. The van der Waals surface area contributed by atoms with Gasteiger partial charge in [0.2, 0.25) is 0 Å². The van der Waals surface area contributed by atoms with E-state index in [0.29, 0.717) is 11.9 Å². The molecular formula is C23H23N5O. The zero-order valence-corrected chi connectivity index (χ0v) is 16.4. The molecule has 3 aromatic heterocycles. The number of pyridine rings is 2. The van der Waals surface area contributed by atoms with Crippen molar-refractivity contribution in [2.75, 3.05) is 7.05 Å². The largest absolute Gasteiger partial charge is 0.299 e. The van der Waals surface area contributed by atoms with Crippen LogP contribution >= 0.6 is 0 Å². The van der Waals surface area contributed by atoms with Crippen molar-refractivity contribution in [3.63, 3.8) is 0 Å². The van der Waals surface area contributed by atoms with Crippen molar-refractivity contribution < 1.29 is 0 Å². The van der Waals surface area contributed by atoms with E-state index < -0.39 is 0 Å². The first-order valence-corrected chi connectivity index (χ1v) is 9.97. The Bertz CT molecular complexity index is 1210. The molecule has 29 heavy (non-hydrogen) atoms. The number of hydrogen-bond acceptors (Lipinski definition) is 4. The standard InChI is InChI=1S/C23H23N5O/c1-27(15-16-7-9-20-17(13-16)5-4-12-24-20)18-8-10-21-19(14-18)23(29)28(26-21)22-6-2-3-11-25-22/h2-7,9,11-13,18,26H,8,10,14-15H2,1H3. The third kappa shape index (κ3) is 3.36. The zero-order chi connectivity index (χ0) is 19.8. The third-order valence-electron chi connectivity index (χ3n) is 5.84. The Balaban J connectivity index is 1.36. The van der Waals surface area contributed by atoms with Crippen molar-refractivity contribution in [2.24, 2.45) is 0 Å². The fourth-order valence-corrected chi connectivity index (χ4v) is 4.25. The molecule has 0 saturated heterocycles. The van der Waals surface area contributed by atoms with Gasteiger partial charge in [0, 0.05) is 41.6 Å². The molecule has 1 unspecified atom stereocenters. The number of nitrogens with zero attached hydrogens (tertiary/aromatic N) is 4. The predicted molar refractivity (Wildman–Crippen MR) is 113 cm³/mol. The molecule has 0 amide bonds. The molecule has 6 nitrogen and oxygen atoms in total. The highest BCUT2D eigenvalue weighted by atomic mass is 16.1. The van der Waals surface area contributed by atoms with Gasteiger partial charge in [-0.3, -0.25) is 19.8 Å². The second-order valence-corrected chi connectivity index (χ2v) is 7.74. The molecular weight excluding hydrogens is 362 g/mol. The monoisotopic (exact) mass is 385 g/mol. The lowest BCUT2D eigenvalue weighted by atomic mass is 9.92. The van der Waals surface area contributed by atoms with E-state index in [-0.39, 0.29) is 5.56 Å². The van der Waals surface area contributed by atoms with E-state index in [4.69, 9.17) is 0 Å². The van der Waals surface area contributed by atoms with Gasteiger partial charge < -0.3 is 0 Å². The van der Waals surface area contributed by atoms with Crippen molar-refractivity contribution in [2.45, 2.75) is 31.8 Å². The molecule has 1 atom stereocenters. The molecule has 5 rings (SSSR count). The summed E-state index contributed by atoms with van der Waals surface area (Å²) in [7, 11) is 2.15. The van der Waals surface area contributed by atoms with Gasteiger partial charge in [-0.2, -0.15) is 0 Å². The topological polar surface area (TPSA) is 66.8 Å². The van der Waals surface area contributed by atoms with Gasteiger partial charge in [0.05, 0.1) is 5.52 Å². The van der Waals surface area contributed by atoms with Gasteiger partial charge in [0.25, 0.3) is 5.56 Å². The predicted octanol–water partition coefficient (Wildman–Crippen LogP) is 3.10. The van der Waals surface area contributed by atoms with Gasteiger partial charge in [-0.1, -0.05) is 18.2 Å². The highest BCUT2D eigenvalue weighted by Crippen LogP contribution is 2.23. The van der Waals surface area contributed by atoms with Crippen molar-refractivity contribution in [3.8, 4) is 5.82 Å². The van der Waals surface area contributed by atoms with Crippen LogP contribution in [0.15, 0.2) is 65.7 Å². The van der Waals surface area contributed by atoms with E-state index in [1.807, 2.05) is 30.5 Å². The number of aromatic nitrogens is 4. The van der Waals surface area contributed by atoms with Crippen LogP contribution < -0.4 is 5.56 Å². The first-order chi connectivity index (χ1) is 14.2. The van der Waals surface area contributed by atoms with Crippen LogP contribution in [0.2, 0.25) is 0 Å². The van der Waals surface area contributed by atoms with Crippen LogP contribution in [0.1, 0.15) is 23.2 Å². The highest BCUT2D eigenvalue weighted by molar-refractivity contribution is 5.78. The minimum Gasteiger partial charge on any atom is -0.299 e. The van der Waals surface area contributed by atoms with E-state index in [1.165, 1.54) is 5.56 Å². The minimum atomic E-state index is 0.0218. The molecule has 0 radical (unpaired) electrons. The number of rotatable bonds is 4. The smallest absolute Gasteiger partial charge is 0.276 e. The quantitative estimate of drug-likeness (QED) is 0.586. The van der Waals surface area contributed by atoms with Crippen LogP contribution in [-0.4, -0.2) is 37.7 Å². The minimum absolute atomic E-state index is 0.0218. The number of H-pyrrole nitrogens is 1. The summed E-state index contributed by atoms with van der Waals surface area (Å²) in [6.45, 7) is 0.851. The molecule has 0 bridgehead atoms. The second-order valence-electron chi connectivity index (χ2n) is 7.74. The van der Waals surface area contributed by atoms with E-state index in [0.717, 1.165) is 48.0 Å². The second kappa shape index (κ2) is 7.29. The number of nitrogens with one attached hydrogen (secondary N) is 1. The van der Waals surface area contributed by atoms with Gasteiger partial charge >= 0.3 is 0 Å². The van der Waals surface area contributed by atoms with Crippen LogP contribution in [0.4, 0.5) is 0 Å². The van der Waals surface area contributed by atoms with E-state index in [9.17, 15) is 4.79 Å². The normalized spacial score (nSPS) is 16.3. The summed E-state index contributed by atoms with van der Waals surface area (Å²) in [5.74, 6) is 0.640. The average molecular weight is 385 g/mol. The Kier molecular flexibility index (Phi) is 4.48. The van der Waals surface area contributed by atoms with Gasteiger partial charge in [-0.25, -0.2) is 9.67 Å². The van der Waals surface area contributed by atoms with Gasteiger partial charge in [-0.15, -0.1) is 0 Å². The van der Waals surface area contributed by atoms with Crippen LogP contribution in [0.5, 0.6) is 0 Å². The summed E-state index contributed by atoms with van der Waals surface area (Å²) in [5.41, 5.74) is 4.24. The average Bonchev–Trinajstić information content (AvgIpc) is 3.10. The first-order valence-electron chi connectivity index (χ1n) is 9.97. The summed E-state index contributed by atoms with van der Waals surface area (Å²) in [5, 5.41) is 4.42. The first kappa shape index (κ1) is 17.8. The Morgan fingerprint density at radius 3 is 2.90 bits per heavy atom. The van der Waals surface area contributed by atoms with E-state index >= 15 is 0 Å². The van der Waals surface area contributed by atoms with Crippen LogP contribution in [0.25, 0.3) is 16.7 Å². The fraction of sp³-hybridized carbons (Fsp3) is 0.261. The van der Waals surface area contributed by atoms with Crippen LogP contribution in [0, 0.1) is 0 Å². The number of aromatic amines is 1. The molecule has 0 aliphatic heterocycles. The lowest BCUT2D eigenvalue weighted by Gasteiger charge is -2.30. The van der Waals surface area contributed by atoms with E-state index in [1.54, 1.807) is 10.9 Å². The SMILES string of the molecule is CN(Cc1ccc2ncccc2c1)C1CCc2[nH]n(-c3ccccn3)c(=O)c2C1. The Hall–Kier alpha value is -3.25. The number of aryl methyl sites for hydroxylation is 1. The summed E-state index contributed by atoms with van der Waals surface area (Å²) in [6, 6.07) is 16.4. The van der Waals surface area contributed by atoms with Gasteiger partial charge in [0.15, 0.2) is 5.82 Å². The molecule has 146 valence electrons. The third-order valence-corrected chi connectivity index (χ3v) is 5.84. The van der Waals surface area contributed by atoms with Gasteiger partial charge in [0.1, 0.15) is 0 Å². The molecule has 0 fully saturated rings. The van der Waals surface area contributed by atoms with Crippen LogP contribution in [-0.2, 0) is 19.4 Å². The highest BCUT2D eigenvalue weighted by Gasteiger charge is 2.27. The lowest BCUT2D eigenvalue weighted by molar-refractivity contribution is 0.213. The molecule has 6 heteroatoms. The summed E-state index contributed by atoms with van der Waals surface area (Å²) in [4.78, 5) is 24.0. The summed E-state index contributed by atoms with van der Waals surface area (Å²) < 4.78 is 1.57. The molecule has 1 aliphatic rings. The molecule has 0 saturated carbocycles. The maximum absolute atomic E-state index is 13.0. The van der Waals surface area contributed by atoms with Crippen molar-refractivity contribution in [1.82, 2.24) is 24.6 Å². The molecule has 1 N–H and O–H groups in total. The molecule has 1 aliphatic carbocycles. The fourth-order valence-electron chi connectivity index (χ4n) is 4.25. The number of fused-ring (bicyclic) bond motifs is 2. The lowest BCUT2D eigenvalue weighted by Crippen LogP contribution is -2.37. The molecule has 0 spiro atoms. The number of hydrogen-bond donors (Lipinski definition) is 1. The Morgan fingerprint density at radius 1 is 1.14 bits per heavy atom. The molecule has 4 aromatic rings. The summed E-state index contributed by atoms with van der Waals surface area (Å²) in [6.07, 6.45) is 6.19. The molecule has 1 aromatic carbocycles. The number of benzene rings is 1. The maximum Gasteiger partial charge on any atom is 0.276 e. The van der Waals surface area contributed by atoms with Crippen LogP contribution in [0.3, 0.4) is 0 Å². The van der Waals surface area contributed by atoms with Crippen molar-refractivity contribution in [1.29, 1.82) is 0 Å². The maximum atomic E-state index is 13.0. The van der Waals surface area contributed by atoms with Crippen molar-refractivity contribution >= 4 is 10.9 Å². The van der Waals surface area contributed by atoms with Crippen molar-refractivity contribution in [3.05, 3.63) is 88.1 Å². The molecule has 3 heterocycles. The van der Waals surface area contributed by atoms with E-state index in [2.05, 4.69) is 51.3 Å².